The molecule has 0 radical (unpaired) electrons. The highest BCUT2D eigenvalue weighted by atomic mass is 16.5. The molecule has 4 aromatic rings. The highest BCUT2D eigenvalue weighted by Gasteiger charge is 2.15. The molecule has 0 aliphatic rings. The smallest absolute Gasteiger partial charge is 0.338 e. The number of hydrogen-bond acceptors (Lipinski definition) is 12. The van der Waals surface area contributed by atoms with E-state index in [0.717, 1.165) is 56.9 Å². The van der Waals surface area contributed by atoms with E-state index in [2.05, 4.69) is 63.8 Å². The number of nitrogens with zero attached hydrogens (tertiary/aromatic N) is 4. The Labute approximate surface area is 306 Å². The van der Waals surface area contributed by atoms with Crippen LogP contribution in [0.1, 0.15) is 105 Å². The van der Waals surface area contributed by atoms with Crippen molar-refractivity contribution in [1.82, 2.24) is 15.0 Å². The lowest BCUT2D eigenvalue weighted by molar-refractivity contribution is 0.0419. The van der Waals surface area contributed by atoms with E-state index in [9.17, 15) is 14.5 Å². The van der Waals surface area contributed by atoms with Crippen LogP contribution >= 0.6 is 0 Å². The van der Waals surface area contributed by atoms with Gasteiger partial charge < -0.3 is 25.4 Å². The first-order chi connectivity index (χ1) is 25.3. The van der Waals surface area contributed by atoms with Gasteiger partial charge in [0.15, 0.2) is 0 Å². The lowest BCUT2D eigenvalue weighted by Crippen LogP contribution is -2.14. The molecular formula is C40H51N7O5. The summed E-state index contributed by atoms with van der Waals surface area (Å²) in [5, 5.41) is 12.5. The zero-order chi connectivity index (χ0) is 37.1. The predicted octanol–water partition coefficient (Wildman–Crippen LogP) is 10.1. The minimum atomic E-state index is -0.356. The van der Waals surface area contributed by atoms with Crippen molar-refractivity contribution in [3.63, 3.8) is 0 Å². The summed E-state index contributed by atoms with van der Waals surface area (Å²) in [6.07, 6.45) is 8.51. The van der Waals surface area contributed by atoms with Crippen molar-refractivity contribution >= 4 is 46.8 Å². The van der Waals surface area contributed by atoms with Crippen LogP contribution in [0.15, 0.2) is 78.0 Å². The van der Waals surface area contributed by atoms with Gasteiger partial charge in [0.1, 0.15) is 6.54 Å². The van der Waals surface area contributed by atoms with Crippen LogP contribution in [0.5, 0.6) is 0 Å². The van der Waals surface area contributed by atoms with Gasteiger partial charge in [-0.2, -0.15) is 19.9 Å². The summed E-state index contributed by atoms with van der Waals surface area (Å²) in [6.45, 7) is 9.46. The molecule has 4 rings (SSSR count). The Morgan fingerprint density at radius 1 is 0.596 bits per heavy atom. The van der Waals surface area contributed by atoms with E-state index in [1.807, 2.05) is 0 Å². The summed E-state index contributed by atoms with van der Waals surface area (Å²) in [4.78, 5) is 49.8. The van der Waals surface area contributed by atoms with Crippen molar-refractivity contribution in [2.45, 2.75) is 85.6 Å². The average Bonchev–Trinajstić information content (AvgIpc) is 3.16. The van der Waals surface area contributed by atoms with Gasteiger partial charge in [0.05, 0.1) is 24.3 Å². The first-order valence-corrected chi connectivity index (χ1v) is 18.3. The predicted molar refractivity (Wildman–Crippen MR) is 206 cm³/mol. The number of ether oxygens (including phenoxy) is 2. The summed E-state index contributed by atoms with van der Waals surface area (Å²) >= 11 is 0. The first kappa shape index (κ1) is 39.4. The number of benzene rings is 3. The number of nitrogens with one attached hydrogen (secondary N) is 3. The summed E-state index contributed by atoms with van der Waals surface area (Å²) in [5.74, 6) is 0.749. The van der Waals surface area contributed by atoms with Crippen LogP contribution < -0.4 is 16.0 Å². The molecular weight excluding hydrogens is 658 g/mol. The van der Waals surface area contributed by atoms with Gasteiger partial charge in [-0.3, -0.25) is 0 Å². The Morgan fingerprint density at radius 2 is 0.962 bits per heavy atom. The van der Waals surface area contributed by atoms with Gasteiger partial charge in [0.2, 0.25) is 17.8 Å². The maximum absolute atomic E-state index is 12.7. The Kier molecular flexibility index (Phi) is 16.0. The molecule has 0 aliphatic carbocycles. The second kappa shape index (κ2) is 21.1. The Balaban J connectivity index is 1.47. The summed E-state index contributed by atoms with van der Waals surface area (Å²) in [5.41, 5.74) is 3.70. The fourth-order valence-electron chi connectivity index (χ4n) is 5.43. The molecule has 0 saturated heterocycles. The minimum Gasteiger partial charge on any atom is -0.462 e. The Bertz CT molecular complexity index is 1600. The normalized spacial score (nSPS) is 12.0. The van der Waals surface area contributed by atoms with Crippen LogP contribution in [0.25, 0.3) is 0 Å². The van der Waals surface area contributed by atoms with Gasteiger partial charge in [0.25, 0.3) is 0 Å². The van der Waals surface area contributed by atoms with Crippen LogP contribution in [0.4, 0.5) is 34.9 Å². The number of anilines is 6. The van der Waals surface area contributed by atoms with E-state index < -0.39 is 0 Å². The average molecular weight is 710 g/mol. The van der Waals surface area contributed by atoms with Crippen molar-refractivity contribution in [2.75, 3.05) is 29.2 Å². The lowest BCUT2D eigenvalue weighted by Gasteiger charge is -2.15. The van der Waals surface area contributed by atoms with Gasteiger partial charge in [-0.25, -0.2) is 9.59 Å². The molecule has 0 amide bonds. The molecule has 0 aliphatic heterocycles. The molecule has 52 heavy (non-hydrogen) atoms. The number of esters is 2. The van der Waals surface area contributed by atoms with Crippen molar-refractivity contribution in [3.05, 3.63) is 94.4 Å². The molecule has 1 aromatic heterocycles. The summed E-state index contributed by atoms with van der Waals surface area (Å²) in [7, 11) is 0. The standard InChI is InChI=1S/C40H51N7O5/c1-5-9-11-28(7-3)26-51-36(48)31-15-21-34(22-16-31)43-39-45-38(42-33-19-13-30(14-20-33)25-41-50)46-40(47-39)44-35-23-17-32(18-24-35)37(49)52-27-29(8-4)12-10-6-2/h13-24,28-29H,5-12,25-27H2,1-4H3,(H3,42,43,44,45,46,47). The third-order valence-corrected chi connectivity index (χ3v) is 8.83. The van der Waals surface area contributed by atoms with Gasteiger partial charge in [0, 0.05) is 17.1 Å². The number of unbranched alkanes of at least 4 members (excludes halogenated alkanes) is 2. The number of carbonyl (C=O) groups excluding carboxylic acids is 2. The van der Waals surface area contributed by atoms with Crippen molar-refractivity contribution in [3.8, 4) is 0 Å². The SMILES string of the molecule is CCCCC(CC)COC(=O)c1ccc(Nc2nc(Nc3ccc(CN=O)cc3)nc(Nc3ccc(C(=O)OCC(CC)CCCC)cc3)n2)cc1. The second-order valence-electron chi connectivity index (χ2n) is 12.8. The molecule has 12 nitrogen and oxygen atoms in total. The van der Waals surface area contributed by atoms with Gasteiger partial charge in [-0.05, 0) is 90.9 Å². The monoisotopic (exact) mass is 709 g/mol. The Morgan fingerprint density at radius 3 is 1.29 bits per heavy atom. The quantitative estimate of drug-likeness (QED) is 0.0527. The maximum Gasteiger partial charge on any atom is 0.338 e. The molecule has 0 bridgehead atoms. The van der Waals surface area contributed by atoms with E-state index >= 15 is 0 Å². The molecule has 1 heterocycles. The van der Waals surface area contributed by atoms with Crippen LogP contribution in [0.2, 0.25) is 0 Å². The highest BCUT2D eigenvalue weighted by molar-refractivity contribution is 5.90. The molecule has 12 heteroatoms. The topological polar surface area (TPSA) is 157 Å². The van der Waals surface area contributed by atoms with Crippen molar-refractivity contribution in [2.24, 2.45) is 17.0 Å². The number of aromatic nitrogens is 3. The minimum absolute atomic E-state index is 0.0810. The molecule has 0 saturated carbocycles. The molecule has 0 fully saturated rings. The zero-order valence-corrected chi connectivity index (χ0v) is 30.7. The second-order valence-corrected chi connectivity index (χ2v) is 12.8. The van der Waals surface area contributed by atoms with Crippen molar-refractivity contribution < 1.29 is 19.1 Å². The van der Waals surface area contributed by atoms with E-state index in [1.54, 1.807) is 72.8 Å². The first-order valence-electron chi connectivity index (χ1n) is 18.3. The number of rotatable bonds is 22. The van der Waals surface area contributed by atoms with Crippen LogP contribution in [-0.4, -0.2) is 40.1 Å². The fraction of sp³-hybridized carbons (Fsp3) is 0.425. The molecule has 3 aromatic carbocycles. The highest BCUT2D eigenvalue weighted by Crippen LogP contribution is 2.23. The van der Waals surface area contributed by atoms with E-state index in [1.165, 1.54) is 0 Å². The number of nitroso groups, excluding NO2 is 1. The Hall–Kier alpha value is -5.39. The fourth-order valence-corrected chi connectivity index (χ4v) is 5.43. The van der Waals surface area contributed by atoms with Gasteiger partial charge in [-0.15, -0.1) is 0 Å². The largest absolute Gasteiger partial charge is 0.462 e. The van der Waals surface area contributed by atoms with Crippen LogP contribution in [-0.2, 0) is 16.0 Å². The molecule has 0 spiro atoms. The third kappa shape index (κ3) is 12.7. The number of carbonyl (C=O) groups is 2. The van der Waals surface area contributed by atoms with E-state index in [4.69, 9.17) is 9.47 Å². The zero-order valence-electron chi connectivity index (χ0n) is 30.7. The van der Waals surface area contributed by atoms with Crippen LogP contribution in [0, 0.1) is 16.7 Å². The molecule has 2 atom stereocenters. The van der Waals surface area contributed by atoms with Gasteiger partial charge >= 0.3 is 11.9 Å². The molecule has 3 N–H and O–H groups in total. The van der Waals surface area contributed by atoms with Gasteiger partial charge in [-0.1, -0.05) is 83.5 Å². The van der Waals surface area contributed by atoms with Crippen LogP contribution in [0.3, 0.4) is 0 Å². The number of hydrogen-bond donors (Lipinski definition) is 3. The maximum atomic E-state index is 12.7. The van der Waals surface area contributed by atoms with E-state index in [0.29, 0.717) is 53.2 Å². The molecule has 276 valence electrons. The summed E-state index contributed by atoms with van der Waals surface area (Å²) < 4.78 is 11.2. The lowest BCUT2D eigenvalue weighted by atomic mass is 10.0. The third-order valence-electron chi connectivity index (χ3n) is 8.83. The molecule has 2 unspecified atom stereocenters. The van der Waals surface area contributed by atoms with E-state index in [-0.39, 0.29) is 36.3 Å². The van der Waals surface area contributed by atoms with Crippen molar-refractivity contribution in [1.29, 1.82) is 0 Å². The summed E-state index contributed by atoms with van der Waals surface area (Å²) in [6, 6.07) is 21.1.